The molecule has 0 saturated carbocycles. The van der Waals surface area contributed by atoms with Crippen LogP contribution in [-0.2, 0) is 0 Å². The largest absolute Gasteiger partial charge is 0.394 e. The highest BCUT2D eigenvalue weighted by Gasteiger charge is 2.11. The van der Waals surface area contributed by atoms with Gasteiger partial charge in [0.05, 0.1) is 12.6 Å². The van der Waals surface area contributed by atoms with E-state index in [2.05, 4.69) is 37.4 Å². The van der Waals surface area contributed by atoms with Gasteiger partial charge in [-0.1, -0.05) is 40.9 Å². The molecule has 0 saturated heterocycles. The summed E-state index contributed by atoms with van der Waals surface area (Å²) in [6.07, 6.45) is 0. The second kappa shape index (κ2) is 6.09. The third-order valence-electron chi connectivity index (χ3n) is 3.01. The van der Waals surface area contributed by atoms with Crippen LogP contribution in [0.15, 0.2) is 42.5 Å². The van der Waals surface area contributed by atoms with Crippen molar-refractivity contribution in [2.75, 3.05) is 11.9 Å². The predicted octanol–water partition coefficient (Wildman–Crippen LogP) is 4.10. The number of hydrogen-bond acceptors (Lipinski definition) is 2. The molecule has 0 aromatic heterocycles. The molecule has 1 unspecified atom stereocenters. The molecule has 0 radical (unpaired) electrons. The van der Waals surface area contributed by atoms with E-state index in [1.807, 2.05) is 24.3 Å². The van der Waals surface area contributed by atoms with Crippen LogP contribution in [0, 0.1) is 13.8 Å². The average Bonchev–Trinajstić information content (AvgIpc) is 2.37. The number of nitrogens with one attached hydrogen (secondary N) is 1. The first kappa shape index (κ1) is 13.9. The van der Waals surface area contributed by atoms with E-state index < -0.39 is 0 Å². The Balaban J connectivity index is 2.22. The standard InChI is InChI=1S/C16H18ClNO/c1-11-7-12(2)9-13(8-11)16(10-19)18-15-5-3-14(17)4-6-15/h3-9,16,18-19H,10H2,1-2H3. The summed E-state index contributed by atoms with van der Waals surface area (Å²) < 4.78 is 0. The van der Waals surface area contributed by atoms with Crippen molar-refractivity contribution in [2.24, 2.45) is 0 Å². The van der Waals surface area contributed by atoms with Crippen molar-refractivity contribution >= 4 is 17.3 Å². The number of rotatable bonds is 4. The number of anilines is 1. The van der Waals surface area contributed by atoms with Gasteiger partial charge in [0, 0.05) is 10.7 Å². The average molecular weight is 276 g/mol. The van der Waals surface area contributed by atoms with Crippen LogP contribution < -0.4 is 5.32 Å². The van der Waals surface area contributed by atoms with Gasteiger partial charge >= 0.3 is 0 Å². The summed E-state index contributed by atoms with van der Waals surface area (Å²) in [5, 5.41) is 13.6. The second-order valence-electron chi connectivity index (χ2n) is 4.81. The fraction of sp³-hybridized carbons (Fsp3) is 0.250. The van der Waals surface area contributed by atoms with Gasteiger partial charge in [-0.05, 0) is 43.7 Å². The SMILES string of the molecule is Cc1cc(C)cc(C(CO)Nc2ccc(Cl)cc2)c1. The quantitative estimate of drug-likeness (QED) is 0.880. The van der Waals surface area contributed by atoms with E-state index >= 15 is 0 Å². The lowest BCUT2D eigenvalue weighted by molar-refractivity contribution is 0.276. The smallest absolute Gasteiger partial charge is 0.0745 e. The van der Waals surface area contributed by atoms with E-state index in [9.17, 15) is 5.11 Å². The Labute approximate surface area is 119 Å². The maximum atomic E-state index is 9.59. The number of halogens is 1. The van der Waals surface area contributed by atoms with Crippen LogP contribution >= 0.6 is 11.6 Å². The number of benzene rings is 2. The summed E-state index contributed by atoms with van der Waals surface area (Å²) in [4.78, 5) is 0. The Hall–Kier alpha value is -1.51. The number of aliphatic hydroxyl groups is 1. The van der Waals surface area contributed by atoms with Crippen LogP contribution in [0.5, 0.6) is 0 Å². The molecule has 1 atom stereocenters. The number of aliphatic hydroxyl groups excluding tert-OH is 1. The van der Waals surface area contributed by atoms with Crippen molar-refractivity contribution in [2.45, 2.75) is 19.9 Å². The normalized spacial score (nSPS) is 12.2. The Morgan fingerprint density at radius 3 is 2.16 bits per heavy atom. The van der Waals surface area contributed by atoms with Crippen molar-refractivity contribution in [3.8, 4) is 0 Å². The molecule has 2 aromatic carbocycles. The zero-order valence-electron chi connectivity index (χ0n) is 11.2. The molecule has 0 aliphatic rings. The fourth-order valence-electron chi connectivity index (χ4n) is 2.19. The first-order chi connectivity index (χ1) is 9.08. The first-order valence-corrected chi connectivity index (χ1v) is 6.67. The van der Waals surface area contributed by atoms with Crippen molar-refractivity contribution < 1.29 is 5.11 Å². The Bertz CT molecular complexity index is 531. The van der Waals surface area contributed by atoms with Gasteiger partial charge in [-0.25, -0.2) is 0 Å². The molecule has 2 aromatic rings. The van der Waals surface area contributed by atoms with E-state index in [0.717, 1.165) is 11.3 Å². The van der Waals surface area contributed by atoms with Crippen LogP contribution in [0.3, 0.4) is 0 Å². The lowest BCUT2D eigenvalue weighted by Gasteiger charge is -2.19. The monoisotopic (exact) mass is 275 g/mol. The maximum absolute atomic E-state index is 9.59. The van der Waals surface area contributed by atoms with Crippen LogP contribution in [0.25, 0.3) is 0 Å². The first-order valence-electron chi connectivity index (χ1n) is 6.29. The molecule has 0 fully saturated rings. The molecule has 2 N–H and O–H groups in total. The van der Waals surface area contributed by atoms with Crippen molar-refractivity contribution in [3.63, 3.8) is 0 Å². The van der Waals surface area contributed by atoms with E-state index in [-0.39, 0.29) is 12.6 Å². The Morgan fingerprint density at radius 2 is 1.63 bits per heavy atom. The van der Waals surface area contributed by atoms with Gasteiger partial charge in [0.2, 0.25) is 0 Å². The van der Waals surface area contributed by atoms with Crippen molar-refractivity contribution in [1.82, 2.24) is 0 Å². The van der Waals surface area contributed by atoms with Crippen LogP contribution in [-0.4, -0.2) is 11.7 Å². The highest BCUT2D eigenvalue weighted by atomic mass is 35.5. The molecule has 0 amide bonds. The Morgan fingerprint density at radius 1 is 1.05 bits per heavy atom. The molecule has 0 aliphatic heterocycles. The lowest BCUT2D eigenvalue weighted by atomic mass is 10.0. The van der Waals surface area contributed by atoms with Crippen LogP contribution in [0.2, 0.25) is 5.02 Å². The van der Waals surface area contributed by atoms with Gasteiger partial charge in [-0.15, -0.1) is 0 Å². The maximum Gasteiger partial charge on any atom is 0.0745 e. The van der Waals surface area contributed by atoms with Crippen molar-refractivity contribution in [3.05, 3.63) is 64.2 Å². The molecule has 0 bridgehead atoms. The summed E-state index contributed by atoms with van der Waals surface area (Å²) in [5.41, 5.74) is 4.44. The van der Waals surface area contributed by atoms with Gasteiger partial charge < -0.3 is 10.4 Å². The minimum Gasteiger partial charge on any atom is -0.394 e. The molecule has 0 aliphatic carbocycles. The van der Waals surface area contributed by atoms with E-state index in [1.165, 1.54) is 11.1 Å². The van der Waals surface area contributed by atoms with Crippen molar-refractivity contribution in [1.29, 1.82) is 0 Å². The lowest BCUT2D eigenvalue weighted by Crippen LogP contribution is -2.15. The fourth-order valence-corrected chi connectivity index (χ4v) is 2.32. The van der Waals surface area contributed by atoms with Crippen LogP contribution in [0.1, 0.15) is 22.7 Å². The molecule has 2 nitrogen and oxygen atoms in total. The zero-order valence-corrected chi connectivity index (χ0v) is 11.9. The second-order valence-corrected chi connectivity index (χ2v) is 5.24. The molecule has 2 rings (SSSR count). The van der Waals surface area contributed by atoms with Gasteiger partial charge in [-0.3, -0.25) is 0 Å². The highest BCUT2D eigenvalue weighted by molar-refractivity contribution is 6.30. The van der Waals surface area contributed by atoms with E-state index in [1.54, 1.807) is 0 Å². The number of hydrogen-bond donors (Lipinski definition) is 2. The Kier molecular flexibility index (Phi) is 4.46. The predicted molar refractivity (Wildman–Crippen MR) is 80.8 cm³/mol. The molecule has 0 heterocycles. The van der Waals surface area contributed by atoms with Gasteiger partial charge in [0.25, 0.3) is 0 Å². The molecule has 3 heteroatoms. The summed E-state index contributed by atoms with van der Waals surface area (Å²) in [7, 11) is 0. The van der Waals surface area contributed by atoms with Gasteiger partial charge in [0.15, 0.2) is 0 Å². The molecule has 100 valence electrons. The topological polar surface area (TPSA) is 32.3 Å². The van der Waals surface area contributed by atoms with E-state index in [0.29, 0.717) is 5.02 Å². The third-order valence-corrected chi connectivity index (χ3v) is 3.27. The minimum atomic E-state index is -0.111. The molecule has 0 spiro atoms. The molecular formula is C16H18ClNO. The highest BCUT2D eigenvalue weighted by Crippen LogP contribution is 2.22. The van der Waals surface area contributed by atoms with Gasteiger partial charge in [0.1, 0.15) is 0 Å². The van der Waals surface area contributed by atoms with E-state index in [4.69, 9.17) is 11.6 Å². The molecular weight excluding hydrogens is 258 g/mol. The van der Waals surface area contributed by atoms with Gasteiger partial charge in [-0.2, -0.15) is 0 Å². The number of aryl methyl sites for hydroxylation is 2. The third kappa shape index (κ3) is 3.72. The summed E-state index contributed by atoms with van der Waals surface area (Å²) >= 11 is 5.86. The minimum absolute atomic E-state index is 0.0471. The summed E-state index contributed by atoms with van der Waals surface area (Å²) in [6, 6.07) is 13.7. The summed E-state index contributed by atoms with van der Waals surface area (Å²) in [6.45, 7) is 4.17. The summed E-state index contributed by atoms with van der Waals surface area (Å²) in [5.74, 6) is 0. The zero-order chi connectivity index (χ0) is 13.8. The molecule has 19 heavy (non-hydrogen) atoms. The van der Waals surface area contributed by atoms with Crippen LogP contribution in [0.4, 0.5) is 5.69 Å².